The van der Waals surface area contributed by atoms with Gasteiger partial charge < -0.3 is 25.4 Å². The van der Waals surface area contributed by atoms with E-state index in [0.717, 1.165) is 16.3 Å². The molecule has 47 heavy (non-hydrogen) atoms. The number of hydrogen-bond acceptors (Lipinski definition) is 7. The van der Waals surface area contributed by atoms with Crippen molar-refractivity contribution in [1.82, 2.24) is 20.3 Å². The van der Waals surface area contributed by atoms with Gasteiger partial charge in [0.15, 0.2) is 0 Å². The molecule has 1 aliphatic heterocycles. The third-order valence-electron chi connectivity index (χ3n) is 7.49. The molecule has 0 aliphatic carbocycles. The van der Waals surface area contributed by atoms with Crippen molar-refractivity contribution < 1.29 is 32.3 Å². The molecular formula is C35H46N4O7S. The van der Waals surface area contributed by atoms with Crippen LogP contribution in [0.15, 0.2) is 77.7 Å². The molecule has 3 aromatic rings. The molecule has 1 saturated heterocycles. The smallest absolute Gasteiger partial charge is 0.408 e. The maximum atomic E-state index is 14.1. The first-order valence-electron chi connectivity index (χ1n) is 15.8. The Labute approximate surface area is 277 Å². The van der Waals surface area contributed by atoms with E-state index in [1.165, 1.54) is 4.31 Å². The molecule has 1 aliphatic rings. The molecule has 11 nitrogen and oxygen atoms in total. The first kappa shape index (κ1) is 35.7. The van der Waals surface area contributed by atoms with Gasteiger partial charge in [-0.2, -0.15) is 4.31 Å². The van der Waals surface area contributed by atoms with Crippen molar-refractivity contribution in [2.24, 2.45) is 0 Å². The van der Waals surface area contributed by atoms with E-state index in [-0.39, 0.29) is 24.4 Å². The van der Waals surface area contributed by atoms with Gasteiger partial charge in [0.05, 0.1) is 4.90 Å². The zero-order valence-corrected chi connectivity index (χ0v) is 28.7. The van der Waals surface area contributed by atoms with Crippen LogP contribution in [-0.4, -0.2) is 73.2 Å². The minimum Gasteiger partial charge on any atom is -0.444 e. The van der Waals surface area contributed by atoms with Crippen LogP contribution in [0, 0.1) is 0 Å². The number of hydrogen-bond donors (Lipinski definition) is 3. The zero-order valence-electron chi connectivity index (χ0n) is 27.9. The Kier molecular flexibility index (Phi) is 11.2. The van der Waals surface area contributed by atoms with E-state index in [1.807, 2.05) is 54.6 Å². The number of rotatable bonds is 10. The summed E-state index contributed by atoms with van der Waals surface area (Å²) in [5.74, 6) is -0.458. The number of aryl methyl sites for hydroxylation is 1. The van der Waals surface area contributed by atoms with Gasteiger partial charge in [-0.15, -0.1) is 0 Å². The van der Waals surface area contributed by atoms with Crippen LogP contribution >= 0.6 is 0 Å². The number of ether oxygens (including phenoxy) is 2. The molecule has 1 heterocycles. The van der Waals surface area contributed by atoms with Crippen LogP contribution in [0.3, 0.4) is 0 Å². The summed E-state index contributed by atoms with van der Waals surface area (Å²) in [6.45, 7) is 10.4. The van der Waals surface area contributed by atoms with Gasteiger partial charge in [-0.1, -0.05) is 60.7 Å². The van der Waals surface area contributed by atoms with Crippen LogP contribution in [0.2, 0.25) is 0 Å². The van der Waals surface area contributed by atoms with Crippen molar-refractivity contribution in [1.29, 1.82) is 0 Å². The lowest BCUT2D eigenvalue weighted by molar-refractivity contribution is -0.124. The third kappa shape index (κ3) is 10.4. The Morgan fingerprint density at radius 3 is 2.13 bits per heavy atom. The van der Waals surface area contributed by atoms with E-state index in [1.54, 1.807) is 59.7 Å². The number of fused-ring (bicyclic) bond motifs is 1. The molecule has 3 N–H and O–H groups in total. The highest BCUT2D eigenvalue weighted by atomic mass is 32.2. The van der Waals surface area contributed by atoms with Crippen LogP contribution in [0.5, 0.6) is 0 Å². The predicted octanol–water partition coefficient (Wildman–Crippen LogP) is 5.14. The van der Waals surface area contributed by atoms with Gasteiger partial charge in [0.2, 0.25) is 15.9 Å². The first-order valence-corrected chi connectivity index (χ1v) is 17.3. The van der Waals surface area contributed by atoms with Crippen LogP contribution in [0.1, 0.15) is 59.9 Å². The Morgan fingerprint density at radius 2 is 1.47 bits per heavy atom. The van der Waals surface area contributed by atoms with E-state index in [0.29, 0.717) is 12.8 Å². The molecule has 3 amide bonds. The molecule has 3 aromatic carbocycles. The molecule has 0 unspecified atom stereocenters. The standard InChI is InChI=1S/C35H46N4O7S/c1-34(2,3)45-32(41)36-22-28-21-27(23-39(28)47(43,44)29-18-17-25-14-10-11-15-26(25)20-29)37-31(40)30(38-33(42)46-35(4,5)6)19-16-24-12-8-7-9-13-24/h7-15,17-18,20,27-28,30H,16,19,21-23H2,1-6H3,(H,36,41)(H,37,40)(H,38,42)/t27-,28-,30-/m0/s1. The Morgan fingerprint density at radius 1 is 0.851 bits per heavy atom. The number of alkyl carbamates (subject to hydrolysis) is 2. The topological polar surface area (TPSA) is 143 Å². The first-order chi connectivity index (χ1) is 22.0. The fraction of sp³-hybridized carbons (Fsp3) is 0.457. The third-order valence-corrected chi connectivity index (χ3v) is 9.41. The van der Waals surface area contributed by atoms with Crippen molar-refractivity contribution in [3.8, 4) is 0 Å². The van der Waals surface area contributed by atoms with Crippen molar-refractivity contribution >= 4 is 38.9 Å². The van der Waals surface area contributed by atoms with Crippen LogP contribution in [-0.2, 0) is 30.7 Å². The summed E-state index contributed by atoms with van der Waals surface area (Å²) in [7, 11) is -4.04. The summed E-state index contributed by atoms with van der Waals surface area (Å²) in [6.07, 6.45) is -0.353. The van der Waals surface area contributed by atoms with E-state index in [4.69, 9.17) is 9.47 Å². The molecule has 12 heteroatoms. The normalized spacial score (nSPS) is 17.9. The second-order valence-electron chi connectivity index (χ2n) is 13.8. The Bertz CT molecular complexity index is 1670. The van der Waals surface area contributed by atoms with Crippen molar-refractivity contribution in [2.45, 2.75) is 95.0 Å². The lowest BCUT2D eigenvalue weighted by Gasteiger charge is -2.25. The van der Waals surface area contributed by atoms with Gasteiger partial charge in [0.1, 0.15) is 17.2 Å². The molecule has 0 aromatic heterocycles. The number of amides is 3. The fourth-order valence-electron chi connectivity index (χ4n) is 5.43. The van der Waals surface area contributed by atoms with Crippen LogP contribution < -0.4 is 16.0 Å². The van der Waals surface area contributed by atoms with Gasteiger partial charge in [0, 0.05) is 25.2 Å². The molecule has 0 saturated carbocycles. The van der Waals surface area contributed by atoms with Crippen LogP contribution in [0.25, 0.3) is 10.8 Å². The Hall–Kier alpha value is -4.16. The summed E-state index contributed by atoms with van der Waals surface area (Å²) >= 11 is 0. The van der Waals surface area contributed by atoms with E-state index < -0.39 is 57.4 Å². The largest absolute Gasteiger partial charge is 0.444 e. The summed E-state index contributed by atoms with van der Waals surface area (Å²) in [4.78, 5) is 39.0. The second-order valence-corrected chi connectivity index (χ2v) is 15.7. The van der Waals surface area contributed by atoms with Gasteiger partial charge in [0.25, 0.3) is 0 Å². The lowest BCUT2D eigenvalue weighted by Crippen LogP contribution is -2.51. The number of benzene rings is 3. The van der Waals surface area contributed by atoms with Crippen molar-refractivity contribution in [3.63, 3.8) is 0 Å². The van der Waals surface area contributed by atoms with Crippen molar-refractivity contribution in [3.05, 3.63) is 78.4 Å². The summed E-state index contributed by atoms with van der Waals surface area (Å²) in [5.41, 5.74) is -0.497. The quantitative estimate of drug-likeness (QED) is 0.272. The number of carbonyl (C=O) groups excluding carboxylic acids is 3. The van der Waals surface area contributed by atoms with Gasteiger partial charge >= 0.3 is 12.2 Å². The van der Waals surface area contributed by atoms with E-state index in [9.17, 15) is 22.8 Å². The minimum absolute atomic E-state index is 0.0261. The highest BCUT2D eigenvalue weighted by Crippen LogP contribution is 2.29. The molecular weight excluding hydrogens is 620 g/mol. The van der Waals surface area contributed by atoms with Crippen LogP contribution in [0.4, 0.5) is 9.59 Å². The monoisotopic (exact) mass is 666 g/mol. The highest BCUT2D eigenvalue weighted by Gasteiger charge is 2.42. The highest BCUT2D eigenvalue weighted by molar-refractivity contribution is 7.89. The fourth-order valence-corrected chi connectivity index (χ4v) is 7.14. The Balaban J connectivity index is 1.55. The van der Waals surface area contributed by atoms with E-state index in [2.05, 4.69) is 16.0 Å². The molecule has 0 spiro atoms. The van der Waals surface area contributed by atoms with Gasteiger partial charge in [-0.3, -0.25) is 4.79 Å². The average molecular weight is 667 g/mol. The second kappa shape index (κ2) is 14.7. The summed E-state index contributed by atoms with van der Waals surface area (Å²) in [5, 5.41) is 10.0. The lowest BCUT2D eigenvalue weighted by atomic mass is 10.0. The maximum Gasteiger partial charge on any atom is 0.408 e. The maximum absolute atomic E-state index is 14.1. The minimum atomic E-state index is -4.04. The molecule has 3 atom stereocenters. The van der Waals surface area contributed by atoms with E-state index >= 15 is 0 Å². The van der Waals surface area contributed by atoms with Gasteiger partial charge in [-0.25, -0.2) is 18.0 Å². The van der Waals surface area contributed by atoms with Gasteiger partial charge in [-0.05, 0) is 89.3 Å². The number of carbonyl (C=O) groups is 3. The van der Waals surface area contributed by atoms with Crippen molar-refractivity contribution in [2.75, 3.05) is 13.1 Å². The SMILES string of the molecule is CC(C)(C)OC(=O)NC[C@@H]1C[C@H](NC(=O)[C@H](CCc2ccccc2)NC(=O)OC(C)(C)C)CN1S(=O)(=O)c1ccc2ccccc2c1. The number of nitrogens with one attached hydrogen (secondary N) is 3. The molecule has 254 valence electrons. The zero-order chi connectivity index (χ0) is 34.4. The molecule has 1 fully saturated rings. The number of nitrogens with zero attached hydrogens (tertiary/aromatic N) is 1. The molecule has 4 rings (SSSR count). The summed E-state index contributed by atoms with van der Waals surface area (Å²) < 4.78 is 40.2. The molecule has 0 bridgehead atoms. The number of sulfonamides is 1. The predicted molar refractivity (Wildman–Crippen MR) is 180 cm³/mol. The average Bonchev–Trinajstić information content (AvgIpc) is 3.40. The molecule has 0 radical (unpaired) electrons. The summed E-state index contributed by atoms with van der Waals surface area (Å²) in [6, 6.07) is 19.8.